The Labute approximate surface area is 153 Å². The maximum atomic E-state index is 11.0. The van der Waals surface area contributed by atoms with Crippen LogP contribution in [-0.4, -0.2) is 14.9 Å². The molecule has 0 unspecified atom stereocenters. The Morgan fingerprint density at radius 1 is 1.28 bits per heavy atom. The van der Waals surface area contributed by atoms with Gasteiger partial charge in [-0.05, 0) is 43.7 Å². The van der Waals surface area contributed by atoms with Crippen molar-refractivity contribution in [1.82, 2.24) is 9.97 Å². The third-order valence-corrected chi connectivity index (χ3v) is 6.62. The number of non-ortho nitro benzene ring substituents is 1. The predicted molar refractivity (Wildman–Crippen MR) is 101 cm³/mol. The maximum Gasteiger partial charge on any atom is 0.269 e. The summed E-state index contributed by atoms with van der Waals surface area (Å²) in [7, 11) is 0. The second kappa shape index (κ2) is 6.72. The van der Waals surface area contributed by atoms with Gasteiger partial charge in [-0.3, -0.25) is 10.1 Å². The van der Waals surface area contributed by atoms with E-state index in [-0.39, 0.29) is 10.6 Å². The first-order chi connectivity index (χ1) is 12.1. The molecule has 25 heavy (non-hydrogen) atoms. The van der Waals surface area contributed by atoms with Gasteiger partial charge in [0, 0.05) is 28.1 Å². The number of hydrogen-bond acceptors (Lipinski definition) is 6. The Balaban J connectivity index is 1.68. The first-order valence-electron chi connectivity index (χ1n) is 8.27. The van der Waals surface area contributed by atoms with Crippen LogP contribution in [0.15, 0.2) is 29.3 Å². The standard InChI is InChI=1S/C18H17N3O2S2/c1-11-19-17(24-10-12-5-4-6-13(9-12)21(22)23)16-14-7-2-3-8-15(14)25-18(16)20-11/h4-6,9H,2-3,7-8,10H2,1H3. The second-order valence-electron chi connectivity index (χ2n) is 6.18. The summed E-state index contributed by atoms with van der Waals surface area (Å²) in [6, 6.07) is 6.83. The molecule has 0 saturated carbocycles. The molecular weight excluding hydrogens is 354 g/mol. The van der Waals surface area contributed by atoms with Gasteiger partial charge < -0.3 is 0 Å². The highest BCUT2D eigenvalue weighted by Crippen LogP contribution is 2.40. The quantitative estimate of drug-likeness (QED) is 0.277. The van der Waals surface area contributed by atoms with Gasteiger partial charge in [-0.1, -0.05) is 12.1 Å². The van der Waals surface area contributed by atoms with Crippen LogP contribution in [0.1, 0.15) is 34.7 Å². The number of rotatable bonds is 4. The summed E-state index contributed by atoms with van der Waals surface area (Å²) in [6.07, 6.45) is 4.72. The van der Waals surface area contributed by atoms with Gasteiger partial charge in [-0.25, -0.2) is 9.97 Å². The van der Waals surface area contributed by atoms with E-state index in [1.807, 2.05) is 13.0 Å². The number of nitro benzene ring substituents is 1. The largest absolute Gasteiger partial charge is 0.269 e. The molecule has 2 heterocycles. The van der Waals surface area contributed by atoms with Crippen molar-refractivity contribution in [3.63, 3.8) is 0 Å². The van der Waals surface area contributed by atoms with Crippen LogP contribution in [0, 0.1) is 17.0 Å². The van der Waals surface area contributed by atoms with E-state index in [4.69, 9.17) is 0 Å². The first kappa shape index (κ1) is 16.5. The highest BCUT2D eigenvalue weighted by molar-refractivity contribution is 7.98. The molecule has 0 amide bonds. The van der Waals surface area contributed by atoms with Crippen LogP contribution in [0.4, 0.5) is 5.69 Å². The van der Waals surface area contributed by atoms with E-state index < -0.39 is 0 Å². The van der Waals surface area contributed by atoms with Crippen LogP contribution in [0.3, 0.4) is 0 Å². The molecule has 0 N–H and O–H groups in total. The fourth-order valence-electron chi connectivity index (χ4n) is 3.24. The van der Waals surface area contributed by atoms with Crippen molar-refractivity contribution >= 4 is 39.0 Å². The second-order valence-corrected chi connectivity index (χ2v) is 8.23. The van der Waals surface area contributed by atoms with Crippen molar-refractivity contribution in [3.8, 4) is 0 Å². The average molecular weight is 371 g/mol. The molecule has 0 saturated heterocycles. The maximum absolute atomic E-state index is 11.0. The molecule has 5 nitrogen and oxygen atoms in total. The zero-order valence-corrected chi connectivity index (χ0v) is 15.5. The number of aryl methyl sites for hydroxylation is 3. The van der Waals surface area contributed by atoms with Gasteiger partial charge >= 0.3 is 0 Å². The zero-order chi connectivity index (χ0) is 17.4. The Morgan fingerprint density at radius 2 is 2.12 bits per heavy atom. The van der Waals surface area contributed by atoms with E-state index in [0.717, 1.165) is 34.1 Å². The SMILES string of the molecule is Cc1nc(SCc2cccc([N+](=O)[O-])c2)c2c3c(sc2n1)CCCC3. The molecule has 0 spiro atoms. The van der Waals surface area contributed by atoms with Gasteiger partial charge in [-0.15, -0.1) is 23.1 Å². The van der Waals surface area contributed by atoms with Crippen LogP contribution in [0.2, 0.25) is 0 Å². The number of nitrogens with zero attached hydrogens (tertiary/aromatic N) is 3. The molecule has 0 radical (unpaired) electrons. The lowest BCUT2D eigenvalue weighted by molar-refractivity contribution is -0.384. The van der Waals surface area contributed by atoms with E-state index in [9.17, 15) is 10.1 Å². The number of nitro groups is 1. The monoisotopic (exact) mass is 371 g/mol. The third-order valence-electron chi connectivity index (χ3n) is 4.39. The molecule has 128 valence electrons. The van der Waals surface area contributed by atoms with Crippen molar-refractivity contribution in [1.29, 1.82) is 0 Å². The molecule has 0 aliphatic heterocycles. The van der Waals surface area contributed by atoms with Crippen molar-refractivity contribution < 1.29 is 4.92 Å². The molecule has 2 aromatic heterocycles. The summed E-state index contributed by atoms with van der Waals surface area (Å²) >= 11 is 3.45. The predicted octanol–water partition coefficient (Wildman–Crippen LogP) is 5.08. The van der Waals surface area contributed by atoms with E-state index >= 15 is 0 Å². The molecule has 1 aromatic carbocycles. The van der Waals surface area contributed by atoms with Gasteiger partial charge in [0.1, 0.15) is 15.7 Å². The molecule has 0 atom stereocenters. The minimum Gasteiger partial charge on any atom is -0.258 e. The van der Waals surface area contributed by atoms with Gasteiger partial charge in [-0.2, -0.15) is 0 Å². The van der Waals surface area contributed by atoms with Gasteiger partial charge in [0.2, 0.25) is 0 Å². The van der Waals surface area contributed by atoms with Crippen LogP contribution >= 0.6 is 23.1 Å². The lowest BCUT2D eigenvalue weighted by Gasteiger charge is -2.11. The number of thiophene rings is 1. The molecule has 7 heteroatoms. The molecule has 3 aromatic rings. The van der Waals surface area contributed by atoms with E-state index in [1.54, 1.807) is 35.2 Å². The molecule has 0 fully saturated rings. The first-order valence-corrected chi connectivity index (χ1v) is 10.1. The van der Waals surface area contributed by atoms with E-state index in [2.05, 4.69) is 9.97 Å². The van der Waals surface area contributed by atoms with Crippen LogP contribution in [-0.2, 0) is 18.6 Å². The fourth-order valence-corrected chi connectivity index (χ4v) is 5.66. The minimum atomic E-state index is -0.351. The van der Waals surface area contributed by atoms with Crippen LogP contribution in [0.25, 0.3) is 10.2 Å². The van der Waals surface area contributed by atoms with Gasteiger partial charge in [0.25, 0.3) is 5.69 Å². The summed E-state index contributed by atoms with van der Waals surface area (Å²) in [4.78, 5) is 22.5. The Morgan fingerprint density at radius 3 is 2.96 bits per heavy atom. The fraction of sp³-hybridized carbons (Fsp3) is 0.333. The number of hydrogen-bond donors (Lipinski definition) is 0. The summed E-state index contributed by atoms with van der Waals surface area (Å²) in [5.74, 6) is 1.45. The average Bonchev–Trinajstić information content (AvgIpc) is 2.98. The Hall–Kier alpha value is -1.99. The number of benzene rings is 1. The van der Waals surface area contributed by atoms with Gasteiger partial charge in [0.05, 0.1) is 4.92 Å². The third kappa shape index (κ3) is 3.26. The minimum absolute atomic E-state index is 0.134. The highest BCUT2D eigenvalue weighted by atomic mass is 32.2. The highest BCUT2D eigenvalue weighted by Gasteiger charge is 2.21. The zero-order valence-electron chi connectivity index (χ0n) is 13.8. The summed E-state index contributed by atoms with van der Waals surface area (Å²) < 4.78 is 0. The van der Waals surface area contributed by atoms with Crippen LogP contribution < -0.4 is 0 Å². The van der Waals surface area contributed by atoms with E-state index in [0.29, 0.717) is 5.75 Å². The topological polar surface area (TPSA) is 68.9 Å². The lowest BCUT2D eigenvalue weighted by Crippen LogP contribution is -1.99. The van der Waals surface area contributed by atoms with Gasteiger partial charge in [0.15, 0.2) is 0 Å². The molecule has 4 rings (SSSR count). The normalized spacial score (nSPS) is 13.8. The number of aromatic nitrogens is 2. The molecule has 1 aliphatic carbocycles. The van der Waals surface area contributed by atoms with Crippen LogP contribution in [0.5, 0.6) is 0 Å². The summed E-state index contributed by atoms with van der Waals surface area (Å²) in [5, 5.41) is 13.2. The molecule has 0 bridgehead atoms. The number of fused-ring (bicyclic) bond motifs is 3. The Bertz CT molecular complexity index is 968. The molecular formula is C18H17N3O2S2. The van der Waals surface area contributed by atoms with Crippen molar-refractivity contribution in [2.45, 2.75) is 43.4 Å². The lowest BCUT2D eigenvalue weighted by atomic mass is 9.97. The molecule has 1 aliphatic rings. The Kier molecular flexibility index (Phi) is 4.43. The summed E-state index contributed by atoms with van der Waals surface area (Å²) in [6.45, 7) is 1.93. The summed E-state index contributed by atoms with van der Waals surface area (Å²) in [5.41, 5.74) is 2.50. The van der Waals surface area contributed by atoms with Crippen molar-refractivity contribution in [3.05, 3.63) is 56.2 Å². The van der Waals surface area contributed by atoms with E-state index in [1.165, 1.54) is 34.7 Å². The number of thioether (sulfide) groups is 1. The van der Waals surface area contributed by atoms with Crippen molar-refractivity contribution in [2.75, 3.05) is 0 Å². The smallest absolute Gasteiger partial charge is 0.258 e. The van der Waals surface area contributed by atoms with Crippen molar-refractivity contribution in [2.24, 2.45) is 0 Å².